The van der Waals surface area contributed by atoms with Crippen molar-refractivity contribution in [2.45, 2.75) is 64.2 Å². The molecule has 1 saturated heterocycles. The van der Waals surface area contributed by atoms with Crippen molar-refractivity contribution in [3.05, 3.63) is 69.4 Å². The highest BCUT2D eigenvalue weighted by Crippen LogP contribution is 2.47. The van der Waals surface area contributed by atoms with Crippen LogP contribution >= 0.6 is 11.6 Å². The Bertz CT molecular complexity index is 1480. The van der Waals surface area contributed by atoms with Crippen LogP contribution in [0, 0.1) is 17.8 Å². The lowest BCUT2D eigenvalue weighted by Crippen LogP contribution is -2.37. The minimum absolute atomic E-state index is 0.568. The Morgan fingerprint density at radius 3 is 2.40 bits per heavy atom. The van der Waals surface area contributed by atoms with Crippen molar-refractivity contribution in [3.63, 3.8) is 0 Å². The molecule has 2 aromatic carbocycles. The summed E-state index contributed by atoms with van der Waals surface area (Å²) in [6.07, 6.45) is 12.2. The van der Waals surface area contributed by atoms with Gasteiger partial charge in [0.15, 0.2) is 11.5 Å². The average Bonchev–Trinajstić information content (AvgIpc) is 3.37. The van der Waals surface area contributed by atoms with Crippen molar-refractivity contribution in [1.82, 2.24) is 9.88 Å². The number of ether oxygens (including phenoxy) is 2. The van der Waals surface area contributed by atoms with Crippen LogP contribution in [0.1, 0.15) is 67.3 Å². The number of aromatic nitrogens is 1. The monoisotopic (exact) mass is 585 g/mol. The number of benzene rings is 2. The van der Waals surface area contributed by atoms with Crippen molar-refractivity contribution in [2.24, 2.45) is 17.8 Å². The number of fused-ring (bicyclic) bond motifs is 6. The molecule has 0 saturated carbocycles. The molecule has 2 heterocycles. The molecule has 0 spiro atoms. The van der Waals surface area contributed by atoms with Crippen molar-refractivity contribution in [2.75, 3.05) is 45.7 Å². The molecule has 4 aliphatic rings. The SMILES string of the molecule is COc1cc2c(cc1OC)CC(CC1CCN(CCNc3c4c(nc5cc(Cl)ccc35)CC3C=C(C)CC4C3)CC1)C2. The predicted molar refractivity (Wildman–Crippen MR) is 172 cm³/mol. The maximum atomic E-state index is 6.40. The highest BCUT2D eigenvalue weighted by atomic mass is 35.5. The van der Waals surface area contributed by atoms with Crippen LogP contribution < -0.4 is 14.8 Å². The topological polar surface area (TPSA) is 46.6 Å². The summed E-state index contributed by atoms with van der Waals surface area (Å²) in [5.41, 5.74) is 9.52. The summed E-state index contributed by atoms with van der Waals surface area (Å²) < 4.78 is 11.1. The van der Waals surface area contributed by atoms with E-state index in [-0.39, 0.29) is 0 Å². The molecule has 1 fully saturated rings. The molecule has 2 bridgehead atoms. The molecule has 6 heteroatoms. The van der Waals surface area contributed by atoms with Crippen molar-refractivity contribution >= 4 is 28.2 Å². The van der Waals surface area contributed by atoms with E-state index >= 15 is 0 Å². The molecule has 0 radical (unpaired) electrons. The molecule has 2 atom stereocenters. The number of hydrogen-bond donors (Lipinski definition) is 1. The molecule has 2 unspecified atom stereocenters. The Labute approximate surface area is 255 Å². The molecule has 222 valence electrons. The van der Waals surface area contributed by atoms with Gasteiger partial charge < -0.3 is 19.7 Å². The van der Waals surface area contributed by atoms with Crippen LogP contribution in [0.4, 0.5) is 5.69 Å². The van der Waals surface area contributed by atoms with Gasteiger partial charge in [0.25, 0.3) is 0 Å². The third kappa shape index (κ3) is 5.51. The largest absolute Gasteiger partial charge is 0.493 e. The number of allylic oxidation sites excluding steroid dienone is 2. The minimum atomic E-state index is 0.568. The van der Waals surface area contributed by atoms with Gasteiger partial charge in [-0.3, -0.25) is 4.98 Å². The Balaban J connectivity index is 0.964. The van der Waals surface area contributed by atoms with Gasteiger partial charge in [-0.05, 0) is 137 Å². The Morgan fingerprint density at radius 1 is 0.952 bits per heavy atom. The van der Waals surface area contributed by atoms with E-state index in [4.69, 9.17) is 26.1 Å². The van der Waals surface area contributed by atoms with Gasteiger partial charge in [0.05, 0.1) is 19.7 Å². The second-order valence-electron chi connectivity index (χ2n) is 13.3. The van der Waals surface area contributed by atoms with E-state index in [1.165, 1.54) is 90.6 Å². The molecular formula is C36H44ClN3O2. The fourth-order valence-electron chi connectivity index (χ4n) is 8.54. The number of nitrogens with zero attached hydrogens (tertiary/aromatic N) is 2. The first-order chi connectivity index (χ1) is 20.5. The van der Waals surface area contributed by atoms with E-state index in [0.717, 1.165) is 59.8 Å². The Morgan fingerprint density at radius 2 is 1.69 bits per heavy atom. The Hall–Kier alpha value is -2.76. The number of methoxy groups -OCH3 is 2. The van der Waals surface area contributed by atoms with Gasteiger partial charge in [0.2, 0.25) is 0 Å². The lowest BCUT2D eigenvalue weighted by Gasteiger charge is -2.36. The molecule has 3 aromatic rings. The molecule has 42 heavy (non-hydrogen) atoms. The van der Waals surface area contributed by atoms with E-state index in [1.54, 1.807) is 14.2 Å². The molecule has 7 rings (SSSR count). The minimum Gasteiger partial charge on any atom is -0.493 e. The van der Waals surface area contributed by atoms with Crippen LogP contribution in [0.25, 0.3) is 10.9 Å². The number of halogens is 1. The summed E-state index contributed by atoms with van der Waals surface area (Å²) >= 11 is 6.40. The van der Waals surface area contributed by atoms with E-state index in [1.807, 2.05) is 12.1 Å². The lowest BCUT2D eigenvalue weighted by molar-refractivity contribution is 0.172. The van der Waals surface area contributed by atoms with Crippen LogP contribution in [-0.4, -0.2) is 50.3 Å². The zero-order valence-electron chi connectivity index (χ0n) is 25.3. The van der Waals surface area contributed by atoms with Gasteiger partial charge in [-0.1, -0.05) is 23.3 Å². The highest BCUT2D eigenvalue weighted by Gasteiger charge is 2.34. The average molecular weight is 586 g/mol. The molecule has 1 aliphatic heterocycles. The number of pyridine rings is 1. The molecule has 3 aliphatic carbocycles. The van der Waals surface area contributed by atoms with Crippen LogP contribution in [0.5, 0.6) is 11.5 Å². The van der Waals surface area contributed by atoms with Crippen LogP contribution in [-0.2, 0) is 19.3 Å². The zero-order chi connectivity index (χ0) is 28.8. The normalized spacial score (nSPS) is 22.5. The number of rotatable bonds is 8. The molecule has 1 aromatic heterocycles. The summed E-state index contributed by atoms with van der Waals surface area (Å²) in [6, 6.07) is 10.6. The second kappa shape index (κ2) is 11.7. The maximum Gasteiger partial charge on any atom is 0.161 e. The summed E-state index contributed by atoms with van der Waals surface area (Å²) in [5, 5.41) is 5.91. The van der Waals surface area contributed by atoms with Crippen LogP contribution in [0.15, 0.2) is 42.0 Å². The van der Waals surface area contributed by atoms with Gasteiger partial charge in [-0.2, -0.15) is 0 Å². The van der Waals surface area contributed by atoms with E-state index in [2.05, 4.69) is 41.4 Å². The predicted octanol–water partition coefficient (Wildman–Crippen LogP) is 7.83. The van der Waals surface area contributed by atoms with Crippen molar-refractivity contribution in [1.29, 1.82) is 0 Å². The quantitative estimate of drug-likeness (QED) is 0.273. The highest BCUT2D eigenvalue weighted by molar-refractivity contribution is 6.31. The number of likely N-dealkylation sites (tertiary alicyclic amines) is 1. The Kier molecular flexibility index (Phi) is 7.83. The van der Waals surface area contributed by atoms with Gasteiger partial charge in [-0.25, -0.2) is 0 Å². The number of nitrogens with one attached hydrogen (secondary N) is 1. The van der Waals surface area contributed by atoms with Gasteiger partial charge in [0, 0.05) is 40.4 Å². The van der Waals surface area contributed by atoms with E-state index < -0.39 is 0 Å². The second-order valence-corrected chi connectivity index (χ2v) is 13.8. The van der Waals surface area contributed by atoms with E-state index in [9.17, 15) is 0 Å². The molecular weight excluding hydrogens is 542 g/mol. The van der Waals surface area contributed by atoms with Gasteiger partial charge in [-0.15, -0.1) is 0 Å². The number of piperidine rings is 1. The first-order valence-electron chi connectivity index (χ1n) is 16.0. The summed E-state index contributed by atoms with van der Waals surface area (Å²) in [5.74, 6) is 4.48. The lowest BCUT2D eigenvalue weighted by atomic mass is 9.71. The summed E-state index contributed by atoms with van der Waals surface area (Å²) in [6.45, 7) is 6.75. The number of hydrogen-bond acceptors (Lipinski definition) is 5. The maximum absolute atomic E-state index is 6.40. The van der Waals surface area contributed by atoms with Crippen LogP contribution in [0.2, 0.25) is 5.02 Å². The van der Waals surface area contributed by atoms with Gasteiger partial charge in [0.1, 0.15) is 0 Å². The molecule has 0 amide bonds. The first kappa shape index (κ1) is 28.0. The summed E-state index contributed by atoms with van der Waals surface area (Å²) in [4.78, 5) is 7.81. The fourth-order valence-corrected chi connectivity index (χ4v) is 8.70. The van der Waals surface area contributed by atoms with Crippen molar-refractivity contribution in [3.8, 4) is 11.5 Å². The van der Waals surface area contributed by atoms with E-state index in [0.29, 0.717) is 11.8 Å². The zero-order valence-corrected chi connectivity index (χ0v) is 26.1. The van der Waals surface area contributed by atoms with Crippen molar-refractivity contribution < 1.29 is 9.47 Å². The summed E-state index contributed by atoms with van der Waals surface area (Å²) in [7, 11) is 3.46. The van der Waals surface area contributed by atoms with Gasteiger partial charge >= 0.3 is 0 Å². The third-order valence-electron chi connectivity index (χ3n) is 10.4. The van der Waals surface area contributed by atoms with Crippen LogP contribution in [0.3, 0.4) is 0 Å². The fraction of sp³-hybridized carbons (Fsp3) is 0.528. The first-order valence-corrected chi connectivity index (χ1v) is 16.3. The molecule has 5 nitrogen and oxygen atoms in total. The smallest absolute Gasteiger partial charge is 0.161 e. The third-order valence-corrected chi connectivity index (χ3v) is 10.7. The standard InChI is InChI=1S/C36H44ClN3O2/c1-22-12-24-17-28(13-22)35-32(18-24)39-31-21-29(37)4-5-30(31)36(35)38-8-11-40-9-6-23(7-10-40)14-25-15-26-19-33(41-2)34(42-3)20-27(26)16-25/h4-5,12,19-21,23-25,28H,6-11,13-18H2,1-3H3,(H,38,39). The number of anilines is 1. The molecule has 1 N–H and O–H groups in total.